The summed E-state index contributed by atoms with van der Waals surface area (Å²) in [7, 11) is 2.71. The molecule has 1 saturated carbocycles. The van der Waals surface area contributed by atoms with E-state index in [1.54, 1.807) is 38.3 Å². The van der Waals surface area contributed by atoms with Crippen LogP contribution >= 0.6 is 0 Å². The molecule has 1 aromatic carbocycles. The van der Waals surface area contributed by atoms with Crippen LogP contribution < -0.4 is 4.74 Å². The number of fused-ring (bicyclic) bond motifs is 1. The summed E-state index contributed by atoms with van der Waals surface area (Å²) in [5, 5.41) is 51.3. The van der Waals surface area contributed by atoms with Crippen LogP contribution in [0.25, 0.3) is 6.08 Å². The highest BCUT2D eigenvalue weighted by Crippen LogP contribution is 2.49. The third kappa shape index (κ3) is 5.86. The number of hydrogen-bond acceptors (Lipinski definition) is 13. The molecule has 5 N–H and O–H groups in total. The van der Waals surface area contributed by atoms with Crippen molar-refractivity contribution in [2.24, 2.45) is 17.8 Å². The molecule has 4 rings (SSSR count). The number of hydrogen-bond donors (Lipinski definition) is 5. The van der Waals surface area contributed by atoms with Gasteiger partial charge in [0.1, 0.15) is 36.3 Å². The molecule has 0 unspecified atom stereocenters. The van der Waals surface area contributed by atoms with E-state index in [9.17, 15) is 35.1 Å². The summed E-state index contributed by atoms with van der Waals surface area (Å²) in [6.07, 6.45) is -7.62. The molecular formula is C27H34O13. The molecule has 1 saturated heterocycles. The average molecular weight is 567 g/mol. The van der Waals surface area contributed by atoms with Crippen molar-refractivity contribution < 1.29 is 63.5 Å². The largest absolute Gasteiger partial charge is 0.497 e. The van der Waals surface area contributed by atoms with Gasteiger partial charge in [-0.1, -0.05) is 19.1 Å². The number of carbonyl (C=O) groups excluding carboxylic acids is 2. The van der Waals surface area contributed by atoms with Crippen LogP contribution in [0.4, 0.5) is 0 Å². The Morgan fingerprint density at radius 1 is 0.975 bits per heavy atom. The summed E-state index contributed by atoms with van der Waals surface area (Å²) >= 11 is 0. The lowest BCUT2D eigenvalue weighted by molar-refractivity contribution is -0.343. The van der Waals surface area contributed by atoms with Crippen LogP contribution in [-0.2, 0) is 33.3 Å². The predicted molar refractivity (Wildman–Crippen MR) is 134 cm³/mol. The second-order valence-electron chi connectivity index (χ2n) is 9.86. The smallest absolute Gasteiger partial charge is 0.337 e. The SMILES string of the molecule is COC(=O)C1=CO[C@H](O[C@H]2O[C@@H](CO)[C@H](O)[C@@H](O)[C@H]2O)[C@H]2[C@@H](C)[C@H](OC(=O)C=Cc3ccc(OC)cc3)[C@@H](O)[C@H]12. The van der Waals surface area contributed by atoms with E-state index in [4.69, 9.17) is 28.4 Å². The summed E-state index contributed by atoms with van der Waals surface area (Å²) in [5.74, 6) is -3.23. The molecular weight excluding hydrogens is 532 g/mol. The average Bonchev–Trinajstić information content (AvgIpc) is 3.21. The Kier molecular flexibility index (Phi) is 9.46. The lowest BCUT2D eigenvalue weighted by atomic mass is 9.82. The molecule has 0 bridgehead atoms. The molecule has 40 heavy (non-hydrogen) atoms. The van der Waals surface area contributed by atoms with Crippen LogP contribution in [0, 0.1) is 17.8 Å². The summed E-state index contributed by atoms with van der Waals surface area (Å²) in [6.45, 7) is 1.01. The van der Waals surface area contributed by atoms with Gasteiger partial charge in [-0.2, -0.15) is 0 Å². The Hall–Kier alpha value is -3.04. The van der Waals surface area contributed by atoms with Gasteiger partial charge in [0, 0.05) is 23.8 Å². The van der Waals surface area contributed by atoms with Crippen molar-refractivity contribution in [1.82, 2.24) is 0 Å². The number of ether oxygens (including phenoxy) is 6. The number of aliphatic hydroxyl groups excluding tert-OH is 5. The lowest BCUT2D eigenvalue weighted by Gasteiger charge is -2.43. The second-order valence-corrected chi connectivity index (χ2v) is 9.86. The normalized spacial score (nSPS) is 37.3. The van der Waals surface area contributed by atoms with Crippen LogP contribution in [0.15, 0.2) is 42.2 Å². The van der Waals surface area contributed by atoms with Crippen molar-refractivity contribution in [1.29, 1.82) is 0 Å². The van der Waals surface area contributed by atoms with Crippen molar-refractivity contribution >= 4 is 18.0 Å². The third-order valence-electron chi connectivity index (χ3n) is 7.56. The third-order valence-corrected chi connectivity index (χ3v) is 7.56. The van der Waals surface area contributed by atoms with Gasteiger partial charge in [-0.3, -0.25) is 0 Å². The topological polar surface area (TPSA) is 191 Å². The first-order valence-electron chi connectivity index (χ1n) is 12.7. The minimum Gasteiger partial charge on any atom is -0.497 e. The van der Waals surface area contributed by atoms with Gasteiger partial charge in [-0.15, -0.1) is 0 Å². The molecule has 0 amide bonds. The van der Waals surface area contributed by atoms with Gasteiger partial charge in [-0.05, 0) is 23.8 Å². The lowest BCUT2D eigenvalue weighted by Crippen LogP contribution is -2.60. The number of esters is 2. The first-order valence-corrected chi connectivity index (χ1v) is 12.7. The fraction of sp³-hybridized carbons (Fsp3) is 0.556. The minimum atomic E-state index is -1.70. The Labute approximate surface area is 230 Å². The zero-order valence-electron chi connectivity index (χ0n) is 22.1. The van der Waals surface area contributed by atoms with E-state index < -0.39 is 85.5 Å². The molecule has 0 radical (unpaired) electrons. The number of rotatable bonds is 8. The summed E-state index contributed by atoms with van der Waals surface area (Å²) in [5.41, 5.74) is 0.705. The molecule has 220 valence electrons. The molecule has 2 heterocycles. The van der Waals surface area contributed by atoms with Crippen LogP contribution in [0.1, 0.15) is 12.5 Å². The van der Waals surface area contributed by atoms with Crippen molar-refractivity contribution in [2.75, 3.05) is 20.8 Å². The first kappa shape index (κ1) is 29.9. The highest BCUT2D eigenvalue weighted by Gasteiger charge is 2.59. The summed E-state index contributed by atoms with van der Waals surface area (Å²) in [4.78, 5) is 25.2. The molecule has 11 atom stereocenters. The molecule has 2 fully saturated rings. The van der Waals surface area contributed by atoms with Crippen LogP contribution in [0.2, 0.25) is 0 Å². The van der Waals surface area contributed by atoms with Gasteiger partial charge >= 0.3 is 11.9 Å². The standard InChI is InChI=1S/C27H34O13/c1-12-18-19(21(31)24(12)39-17(29)9-6-13-4-7-14(35-2)8-5-13)15(25(34)36-3)11-37-26(18)40-27-23(33)22(32)20(30)16(10-28)38-27/h4-9,11-12,16,18-24,26-28,30-33H,10H2,1-3H3/t12-,16+,18+,19-,20+,21+,22-,23-,24+,26-,27-/m1/s1. The van der Waals surface area contributed by atoms with Gasteiger partial charge in [-0.25, -0.2) is 9.59 Å². The quantitative estimate of drug-likeness (QED) is 0.192. The Morgan fingerprint density at radius 2 is 1.68 bits per heavy atom. The minimum absolute atomic E-state index is 0.00664. The Balaban J connectivity index is 1.53. The summed E-state index contributed by atoms with van der Waals surface area (Å²) < 4.78 is 32.4. The zero-order valence-corrected chi connectivity index (χ0v) is 22.1. The van der Waals surface area contributed by atoms with E-state index in [0.29, 0.717) is 11.3 Å². The fourth-order valence-corrected chi connectivity index (χ4v) is 5.37. The second kappa shape index (κ2) is 12.6. The van der Waals surface area contributed by atoms with E-state index in [1.807, 2.05) is 0 Å². The van der Waals surface area contributed by atoms with E-state index in [2.05, 4.69) is 0 Å². The molecule has 1 aliphatic carbocycles. The maximum atomic E-state index is 12.7. The highest BCUT2D eigenvalue weighted by molar-refractivity contribution is 5.89. The Morgan fingerprint density at radius 3 is 2.30 bits per heavy atom. The predicted octanol–water partition coefficient (Wildman–Crippen LogP) is -0.907. The molecule has 13 nitrogen and oxygen atoms in total. The Bertz CT molecular complexity index is 1100. The molecule has 1 aromatic rings. The van der Waals surface area contributed by atoms with Gasteiger partial charge in [0.2, 0.25) is 6.29 Å². The number of methoxy groups -OCH3 is 2. The van der Waals surface area contributed by atoms with Crippen molar-refractivity contribution in [2.45, 2.75) is 56.1 Å². The van der Waals surface area contributed by atoms with Gasteiger partial charge in [0.25, 0.3) is 0 Å². The van der Waals surface area contributed by atoms with E-state index >= 15 is 0 Å². The maximum absolute atomic E-state index is 12.7. The van der Waals surface area contributed by atoms with E-state index in [1.165, 1.54) is 19.3 Å². The van der Waals surface area contributed by atoms with Crippen molar-refractivity contribution in [3.63, 3.8) is 0 Å². The van der Waals surface area contributed by atoms with Crippen molar-refractivity contribution in [3.8, 4) is 5.75 Å². The van der Waals surface area contributed by atoms with E-state index in [-0.39, 0.29) is 5.57 Å². The summed E-state index contributed by atoms with van der Waals surface area (Å²) in [6, 6.07) is 6.95. The van der Waals surface area contributed by atoms with Gasteiger partial charge < -0.3 is 54.0 Å². The maximum Gasteiger partial charge on any atom is 0.337 e. The first-order chi connectivity index (χ1) is 19.1. The van der Waals surface area contributed by atoms with E-state index in [0.717, 1.165) is 6.26 Å². The van der Waals surface area contributed by atoms with Crippen LogP contribution in [0.3, 0.4) is 0 Å². The zero-order chi connectivity index (χ0) is 29.1. The van der Waals surface area contributed by atoms with Crippen LogP contribution in [-0.4, -0.2) is 108 Å². The molecule has 0 spiro atoms. The monoisotopic (exact) mass is 566 g/mol. The molecule has 13 heteroatoms. The van der Waals surface area contributed by atoms with Gasteiger partial charge in [0.15, 0.2) is 6.29 Å². The number of carbonyl (C=O) groups is 2. The number of aliphatic hydroxyl groups is 5. The molecule has 2 aliphatic heterocycles. The highest BCUT2D eigenvalue weighted by atomic mass is 16.8. The number of benzene rings is 1. The van der Waals surface area contributed by atoms with Crippen molar-refractivity contribution in [3.05, 3.63) is 47.7 Å². The fourth-order valence-electron chi connectivity index (χ4n) is 5.37. The van der Waals surface area contributed by atoms with Crippen LogP contribution in [0.5, 0.6) is 5.75 Å². The van der Waals surface area contributed by atoms with Gasteiger partial charge in [0.05, 0.1) is 38.8 Å². The molecule has 0 aromatic heterocycles. The molecule has 3 aliphatic rings.